The number of nitrogens with one attached hydrogen (secondary N) is 1. The van der Waals surface area contributed by atoms with Crippen LogP contribution >= 0.6 is 11.3 Å². The second kappa shape index (κ2) is 8.26. The van der Waals surface area contributed by atoms with Crippen LogP contribution in [0.2, 0.25) is 0 Å². The lowest BCUT2D eigenvalue weighted by molar-refractivity contribution is -0.153. The number of anilines is 1. The molecular formula is C17H18N2O4S. The summed E-state index contributed by atoms with van der Waals surface area (Å²) in [4.78, 5) is 34.8. The molecule has 2 aromatic rings. The van der Waals surface area contributed by atoms with Gasteiger partial charge in [-0.1, -0.05) is 0 Å². The number of carbonyl (C=O) groups excluding carboxylic acids is 3. The molecule has 3 N–H and O–H groups in total. The molecule has 1 aromatic carbocycles. The first-order chi connectivity index (χ1) is 11.5. The quantitative estimate of drug-likeness (QED) is 0.752. The summed E-state index contributed by atoms with van der Waals surface area (Å²) < 4.78 is 5.12. The van der Waals surface area contributed by atoms with Crippen LogP contribution in [-0.2, 0) is 20.7 Å². The zero-order chi connectivity index (χ0) is 17.5. The number of hydrogen-bond donors (Lipinski definition) is 2. The number of esters is 1. The molecule has 24 heavy (non-hydrogen) atoms. The lowest BCUT2D eigenvalue weighted by Crippen LogP contribution is -2.30. The fourth-order valence-electron chi connectivity index (χ4n) is 1.95. The Balaban J connectivity index is 1.80. The Labute approximate surface area is 143 Å². The van der Waals surface area contributed by atoms with E-state index in [1.807, 2.05) is 16.8 Å². The van der Waals surface area contributed by atoms with Gasteiger partial charge in [-0.2, -0.15) is 11.3 Å². The highest BCUT2D eigenvalue weighted by molar-refractivity contribution is 7.07. The summed E-state index contributed by atoms with van der Waals surface area (Å²) in [5.41, 5.74) is 7.06. The summed E-state index contributed by atoms with van der Waals surface area (Å²) in [5.74, 6) is -1.40. The van der Waals surface area contributed by atoms with Crippen molar-refractivity contribution < 1.29 is 19.1 Å². The predicted octanol–water partition coefficient (Wildman–Crippen LogP) is 2.35. The standard InChI is InChI=1S/C17H18N2O4S/c1-11(23-15(20)7-2-12-8-9-24-10-12)17(22)19-14-5-3-13(4-6-14)16(18)21/h3-6,8-11H,2,7H2,1H3,(H2,18,21)(H,19,22)/t11-/m1/s1. The molecular weight excluding hydrogens is 328 g/mol. The summed E-state index contributed by atoms with van der Waals surface area (Å²) in [6.07, 6.45) is -0.0943. The molecule has 0 aliphatic heterocycles. The van der Waals surface area contributed by atoms with Crippen molar-refractivity contribution >= 4 is 34.8 Å². The molecule has 0 saturated heterocycles. The number of primary amides is 1. The Bertz CT molecular complexity index is 711. The van der Waals surface area contributed by atoms with Crippen LogP contribution in [0.1, 0.15) is 29.3 Å². The fraction of sp³-hybridized carbons (Fsp3) is 0.235. The summed E-state index contributed by atoms with van der Waals surface area (Å²) >= 11 is 1.57. The van der Waals surface area contributed by atoms with Crippen molar-refractivity contribution in [1.82, 2.24) is 0 Å². The molecule has 126 valence electrons. The summed E-state index contributed by atoms with van der Waals surface area (Å²) in [6, 6.07) is 8.08. The molecule has 0 saturated carbocycles. The smallest absolute Gasteiger partial charge is 0.306 e. The summed E-state index contributed by atoms with van der Waals surface area (Å²) in [6.45, 7) is 1.51. The van der Waals surface area contributed by atoms with Crippen LogP contribution in [0.15, 0.2) is 41.1 Å². The minimum Gasteiger partial charge on any atom is -0.453 e. The van der Waals surface area contributed by atoms with Crippen molar-refractivity contribution in [3.05, 3.63) is 52.2 Å². The third kappa shape index (κ3) is 5.20. The largest absolute Gasteiger partial charge is 0.453 e. The predicted molar refractivity (Wildman–Crippen MR) is 91.8 cm³/mol. The van der Waals surface area contributed by atoms with Gasteiger partial charge in [0.05, 0.1) is 0 Å². The number of amides is 2. The van der Waals surface area contributed by atoms with Gasteiger partial charge in [-0.05, 0) is 60.0 Å². The molecule has 0 unspecified atom stereocenters. The van der Waals surface area contributed by atoms with Gasteiger partial charge < -0.3 is 15.8 Å². The highest BCUT2D eigenvalue weighted by Crippen LogP contribution is 2.12. The topological polar surface area (TPSA) is 98.5 Å². The fourth-order valence-corrected chi connectivity index (χ4v) is 2.66. The molecule has 7 heteroatoms. The van der Waals surface area contributed by atoms with E-state index in [-0.39, 0.29) is 6.42 Å². The molecule has 2 amide bonds. The zero-order valence-electron chi connectivity index (χ0n) is 13.2. The van der Waals surface area contributed by atoms with Crippen molar-refractivity contribution in [1.29, 1.82) is 0 Å². The van der Waals surface area contributed by atoms with Gasteiger partial charge in [0.15, 0.2) is 6.10 Å². The number of benzene rings is 1. The van der Waals surface area contributed by atoms with Gasteiger partial charge in [-0.3, -0.25) is 14.4 Å². The van der Waals surface area contributed by atoms with Gasteiger partial charge in [0, 0.05) is 17.7 Å². The molecule has 0 aliphatic rings. The van der Waals surface area contributed by atoms with Crippen LogP contribution in [0.3, 0.4) is 0 Å². The minimum absolute atomic E-state index is 0.224. The van der Waals surface area contributed by atoms with Crippen LogP contribution in [0.5, 0.6) is 0 Å². The van der Waals surface area contributed by atoms with E-state index in [1.165, 1.54) is 19.1 Å². The van der Waals surface area contributed by atoms with Crippen molar-refractivity contribution in [3.8, 4) is 0 Å². The lowest BCUT2D eigenvalue weighted by atomic mass is 10.2. The minimum atomic E-state index is -0.907. The molecule has 1 atom stereocenters. The van der Waals surface area contributed by atoms with Crippen LogP contribution in [0.4, 0.5) is 5.69 Å². The first-order valence-corrected chi connectivity index (χ1v) is 8.31. The highest BCUT2D eigenvalue weighted by Gasteiger charge is 2.18. The van der Waals surface area contributed by atoms with E-state index in [9.17, 15) is 14.4 Å². The van der Waals surface area contributed by atoms with Gasteiger partial charge in [0.1, 0.15) is 0 Å². The Morgan fingerprint density at radius 2 is 1.92 bits per heavy atom. The van der Waals surface area contributed by atoms with E-state index in [4.69, 9.17) is 10.5 Å². The number of carbonyl (C=O) groups is 3. The third-order valence-electron chi connectivity index (χ3n) is 3.31. The van der Waals surface area contributed by atoms with Gasteiger partial charge >= 0.3 is 5.97 Å². The third-order valence-corrected chi connectivity index (χ3v) is 4.04. The van der Waals surface area contributed by atoms with Gasteiger partial charge in [-0.25, -0.2) is 0 Å². The highest BCUT2D eigenvalue weighted by atomic mass is 32.1. The van der Waals surface area contributed by atoms with Crippen molar-refractivity contribution in [2.24, 2.45) is 5.73 Å². The van der Waals surface area contributed by atoms with Crippen molar-refractivity contribution in [2.75, 3.05) is 5.32 Å². The number of thiophene rings is 1. The average molecular weight is 346 g/mol. The van der Waals surface area contributed by atoms with Crippen LogP contribution in [-0.4, -0.2) is 23.9 Å². The molecule has 0 radical (unpaired) electrons. The molecule has 6 nitrogen and oxygen atoms in total. The normalized spacial score (nSPS) is 11.5. The van der Waals surface area contributed by atoms with Gasteiger partial charge in [0.2, 0.25) is 5.91 Å². The average Bonchev–Trinajstić information content (AvgIpc) is 3.06. The maximum atomic E-state index is 12.0. The zero-order valence-corrected chi connectivity index (χ0v) is 14.0. The summed E-state index contributed by atoms with van der Waals surface area (Å²) in [7, 11) is 0. The van der Waals surface area contributed by atoms with Gasteiger partial charge in [0.25, 0.3) is 5.91 Å². The van der Waals surface area contributed by atoms with Crippen molar-refractivity contribution in [3.63, 3.8) is 0 Å². The Morgan fingerprint density at radius 1 is 1.21 bits per heavy atom. The molecule has 0 aliphatic carbocycles. The molecule has 0 bridgehead atoms. The van der Waals surface area contributed by atoms with Crippen LogP contribution in [0.25, 0.3) is 0 Å². The maximum absolute atomic E-state index is 12.0. The second-order valence-corrected chi connectivity index (χ2v) is 5.97. The Hall–Kier alpha value is -2.67. The lowest BCUT2D eigenvalue weighted by Gasteiger charge is -2.13. The number of ether oxygens (including phenoxy) is 1. The van der Waals surface area contributed by atoms with Crippen LogP contribution < -0.4 is 11.1 Å². The van der Waals surface area contributed by atoms with E-state index in [2.05, 4.69) is 5.32 Å². The number of nitrogens with two attached hydrogens (primary N) is 1. The molecule has 0 spiro atoms. The molecule has 1 heterocycles. The van der Waals surface area contributed by atoms with E-state index in [1.54, 1.807) is 23.5 Å². The van der Waals surface area contributed by atoms with Crippen LogP contribution in [0, 0.1) is 0 Å². The molecule has 1 aromatic heterocycles. The first-order valence-electron chi connectivity index (χ1n) is 7.37. The Kier molecular flexibility index (Phi) is 6.08. The number of hydrogen-bond acceptors (Lipinski definition) is 5. The van der Waals surface area contributed by atoms with E-state index >= 15 is 0 Å². The summed E-state index contributed by atoms with van der Waals surface area (Å²) in [5, 5.41) is 6.53. The number of aryl methyl sites for hydroxylation is 1. The van der Waals surface area contributed by atoms with E-state index in [0.29, 0.717) is 17.7 Å². The molecule has 2 rings (SSSR count). The monoisotopic (exact) mass is 346 g/mol. The van der Waals surface area contributed by atoms with E-state index in [0.717, 1.165) is 5.56 Å². The maximum Gasteiger partial charge on any atom is 0.306 e. The SMILES string of the molecule is C[C@@H](OC(=O)CCc1ccsc1)C(=O)Nc1ccc(C(N)=O)cc1. The van der Waals surface area contributed by atoms with Gasteiger partial charge in [-0.15, -0.1) is 0 Å². The first kappa shape index (κ1) is 17.7. The van der Waals surface area contributed by atoms with E-state index < -0.39 is 23.9 Å². The number of rotatable bonds is 7. The second-order valence-electron chi connectivity index (χ2n) is 5.19. The van der Waals surface area contributed by atoms with Crippen molar-refractivity contribution in [2.45, 2.75) is 25.9 Å². The molecule has 0 fully saturated rings. The Morgan fingerprint density at radius 3 is 2.50 bits per heavy atom.